The molecule has 1 fully saturated rings. The SMILES string of the molecule is Cc1nc(/C=C2/CCC(C)(C)C2)oc1C. The normalized spacial score (nSPS) is 22.5. The van der Waals surface area contributed by atoms with E-state index in [0.29, 0.717) is 5.41 Å². The van der Waals surface area contributed by atoms with Crippen LogP contribution in [0.3, 0.4) is 0 Å². The Morgan fingerprint density at radius 1 is 1.33 bits per heavy atom. The molecule has 0 N–H and O–H groups in total. The van der Waals surface area contributed by atoms with Gasteiger partial charge in [0.15, 0.2) is 0 Å². The molecule has 0 atom stereocenters. The van der Waals surface area contributed by atoms with Crippen LogP contribution in [0.2, 0.25) is 0 Å². The van der Waals surface area contributed by atoms with Crippen molar-refractivity contribution in [3.05, 3.63) is 22.9 Å². The number of oxazole rings is 1. The molecule has 0 radical (unpaired) electrons. The molecule has 0 aromatic carbocycles. The molecule has 1 aromatic heterocycles. The maximum Gasteiger partial charge on any atom is 0.219 e. The summed E-state index contributed by atoms with van der Waals surface area (Å²) in [5, 5.41) is 0. The van der Waals surface area contributed by atoms with Gasteiger partial charge in [-0.1, -0.05) is 19.4 Å². The molecule has 2 rings (SSSR count). The third kappa shape index (κ3) is 2.31. The number of rotatable bonds is 1. The molecule has 0 amide bonds. The first-order valence-electron chi connectivity index (χ1n) is 5.60. The van der Waals surface area contributed by atoms with Crippen molar-refractivity contribution in [2.75, 3.05) is 0 Å². The van der Waals surface area contributed by atoms with E-state index in [1.165, 1.54) is 24.8 Å². The highest BCUT2D eigenvalue weighted by Gasteiger charge is 2.26. The number of aromatic nitrogens is 1. The first-order chi connectivity index (χ1) is 6.96. The predicted molar refractivity (Wildman–Crippen MR) is 61.6 cm³/mol. The van der Waals surface area contributed by atoms with Crippen LogP contribution >= 0.6 is 0 Å². The Balaban J connectivity index is 2.18. The Kier molecular flexibility index (Phi) is 2.45. The zero-order chi connectivity index (χ0) is 11.1. The van der Waals surface area contributed by atoms with Crippen LogP contribution in [0.5, 0.6) is 0 Å². The molecule has 1 heterocycles. The van der Waals surface area contributed by atoms with Crippen molar-refractivity contribution in [2.45, 2.75) is 47.0 Å². The lowest BCUT2D eigenvalue weighted by Crippen LogP contribution is -2.02. The summed E-state index contributed by atoms with van der Waals surface area (Å²) in [6, 6.07) is 0. The summed E-state index contributed by atoms with van der Waals surface area (Å²) in [5.41, 5.74) is 2.93. The van der Waals surface area contributed by atoms with Gasteiger partial charge in [-0.25, -0.2) is 4.98 Å². The van der Waals surface area contributed by atoms with Crippen LogP contribution in [-0.4, -0.2) is 4.98 Å². The lowest BCUT2D eigenvalue weighted by atomic mass is 9.92. The number of allylic oxidation sites excluding steroid dienone is 1. The van der Waals surface area contributed by atoms with Crippen molar-refractivity contribution in [1.82, 2.24) is 4.98 Å². The van der Waals surface area contributed by atoms with E-state index in [-0.39, 0.29) is 0 Å². The van der Waals surface area contributed by atoms with Crippen LogP contribution in [0.1, 0.15) is 50.5 Å². The van der Waals surface area contributed by atoms with Gasteiger partial charge in [-0.05, 0) is 44.6 Å². The molecular formula is C13H19NO. The van der Waals surface area contributed by atoms with Crippen LogP contribution in [0.4, 0.5) is 0 Å². The van der Waals surface area contributed by atoms with E-state index in [1.54, 1.807) is 0 Å². The minimum absolute atomic E-state index is 0.461. The van der Waals surface area contributed by atoms with E-state index in [0.717, 1.165) is 17.3 Å². The largest absolute Gasteiger partial charge is 0.442 e. The summed E-state index contributed by atoms with van der Waals surface area (Å²) in [6.45, 7) is 8.59. The Morgan fingerprint density at radius 3 is 2.53 bits per heavy atom. The van der Waals surface area contributed by atoms with E-state index in [9.17, 15) is 0 Å². The lowest BCUT2D eigenvalue weighted by molar-refractivity contribution is 0.389. The molecule has 0 unspecified atom stereocenters. The standard InChI is InChI=1S/C13H19NO/c1-9-10(2)15-12(14-9)7-11-5-6-13(3,4)8-11/h7H,5-6,8H2,1-4H3/b11-7-. The summed E-state index contributed by atoms with van der Waals surface area (Å²) in [4.78, 5) is 4.38. The summed E-state index contributed by atoms with van der Waals surface area (Å²) in [7, 11) is 0. The first-order valence-corrected chi connectivity index (χ1v) is 5.60. The zero-order valence-electron chi connectivity index (χ0n) is 10.1. The van der Waals surface area contributed by atoms with Gasteiger partial charge in [-0.3, -0.25) is 0 Å². The van der Waals surface area contributed by atoms with Crippen molar-refractivity contribution in [3.8, 4) is 0 Å². The summed E-state index contributed by atoms with van der Waals surface area (Å²) < 4.78 is 5.56. The minimum Gasteiger partial charge on any atom is -0.442 e. The molecular weight excluding hydrogens is 186 g/mol. The van der Waals surface area contributed by atoms with Crippen molar-refractivity contribution in [3.63, 3.8) is 0 Å². The average molecular weight is 205 g/mol. The maximum absolute atomic E-state index is 5.56. The van der Waals surface area contributed by atoms with Gasteiger partial charge in [0, 0.05) is 0 Å². The van der Waals surface area contributed by atoms with Crippen LogP contribution in [0.25, 0.3) is 6.08 Å². The van der Waals surface area contributed by atoms with Gasteiger partial charge >= 0.3 is 0 Å². The highest BCUT2D eigenvalue weighted by Crippen LogP contribution is 2.41. The van der Waals surface area contributed by atoms with E-state index < -0.39 is 0 Å². The van der Waals surface area contributed by atoms with Gasteiger partial charge in [0.05, 0.1) is 5.69 Å². The topological polar surface area (TPSA) is 26.0 Å². The van der Waals surface area contributed by atoms with Crippen molar-refractivity contribution < 1.29 is 4.42 Å². The van der Waals surface area contributed by atoms with Gasteiger partial charge in [0.1, 0.15) is 5.76 Å². The molecule has 1 aliphatic carbocycles. The molecule has 0 spiro atoms. The molecule has 2 nitrogen and oxygen atoms in total. The van der Waals surface area contributed by atoms with Gasteiger partial charge < -0.3 is 4.42 Å². The fourth-order valence-electron chi connectivity index (χ4n) is 2.15. The van der Waals surface area contributed by atoms with E-state index in [1.807, 2.05) is 13.8 Å². The quantitative estimate of drug-likeness (QED) is 0.695. The second kappa shape index (κ2) is 3.51. The maximum atomic E-state index is 5.56. The minimum atomic E-state index is 0.461. The van der Waals surface area contributed by atoms with E-state index >= 15 is 0 Å². The average Bonchev–Trinajstić information content (AvgIpc) is 2.58. The molecule has 1 aliphatic rings. The first kappa shape index (κ1) is 10.5. The van der Waals surface area contributed by atoms with E-state index in [2.05, 4.69) is 24.9 Å². The van der Waals surface area contributed by atoms with Gasteiger partial charge in [0.25, 0.3) is 0 Å². The molecule has 1 aromatic rings. The van der Waals surface area contributed by atoms with Gasteiger partial charge in [-0.15, -0.1) is 0 Å². The number of hydrogen-bond donors (Lipinski definition) is 0. The van der Waals surface area contributed by atoms with E-state index in [4.69, 9.17) is 4.42 Å². The number of hydrogen-bond acceptors (Lipinski definition) is 2. The Hall–Kier alpha value is -1.05. The highest BCUT2D eigenvalue weighted by molar-refractivity contribution is 5.45. The van der Waals surface area contributed by atoms with Gasteiger partial charge in [0.2, 0.25) is 5.89 Å². The van der Waals surface area contributed by atoms with Crippen LogP contribution in [0.15, 0.2) is 9.99 Å². The molecule has 0 aliphatic heterocycles. The molecule has 82 valence electrons. The van der Waals surface area contributed by atoms with Crippen LogP contribution < -0.4 is 0 Å². The highest BCUT2D eigenvalue weighted by atomic mass is 16.4. The second-order valence-corrected chi connectivity index (χ2v) is 5.34. The van der Waals surface area contributed by atoms with Crippen molar-refractivity contribution >= 4 is 6.08 Å². The van der Waals surface area contributed by atoms with Crippen molar-refractivity contribution in [2.24, 2.45) is 5.41 Å². The molecule has 15 heavy (non-hydrogen) atoms. The lowest BCUT2D eigenvalue weighted by Gasteiger charge is -2.14. The smallest absolute Gasteiger partial charge is 0.219 e. The Morgan fingerprint density at radius 2 is 2.07 bits per heavy atom. The second-order valence-electron chi connectivity index (χ2n) is 5.34. The number of nitrogens with zero attached hydrogens (tertiary/aromatic N) is 1. The van der Waals surface area contributed by atoms with Gasteiger partial charge in [-0.2, -0.15) is 0 Å². The summed E-state index contributed by atoms with van der Waals surface area (Å²) in [6.07, 6.45) is 5.76. The third-order valence-electron chi connectivity index (χ3n) is 3.20. The zero-order valence-corrected chi connectivity index (χ0v) is 10.1. The monoisotopic (exact) mass is 205 g/mol. The predicted octanol–water partition coefficient (Wildman–Crippen LogP) is 3.88. The summed E-state index contributed by atoms with van der Waals surface area (Å²) >= 11 is 0. The number of aryl methyl sites for hydroxylation is 2. The van der Waals surface area contributed by atoms with Crippen LogP contribution in [-0.2, 0) is 0 Å². The fraction of sp³-hybridized carbons (Fsp3) is 0.615. The molecule has 0 bridgehead atoms. The Labute approximate surface area is 91.4 Å². The van der Waals surface area contributed by atoms with Crippen molar-refractivity contribution in [1.29, 1.82) is 0 Å². The summed E-state index contributed by atoms with van der Waals surface area (Å²) in [5.74, 6) is 1.71. The third-order valence-corrected chi connectivity index (χ3v) is 3.20. The van der Waals surface area contributed by atoms with Crippen LogP contribution in [0, 0.1) is 19.3 Å². The molecule has 2 heteroatoms. The fourth-order valence-corrected chi connectivity index (χ4v) is 2.15. The molecule has 0 saturated heterocycles. The molecule has 1 saturated carbocycles. The Bertz CT molecular complexity index is 379.